The van der Waals surface area contributed by atoms with Crippen LogP contribution >= 0.6 is 0 Å². The van der Waals surface area contributed by atoms with E-state index in [1.165, 1.54) is 0 Å². The van der Waals surface area contributed by atoms with E-state index in [2.05, 4.69) is 29.1 Å². The minimum atomic E-state index is -0.545. The molecule has 0 aliphatic heterocycles. The van der Waals surface area contributed by atoms with Gasteiger partial charge < -0.3 is 14.8 Å². The molecule has 0 unspecified atom stereocenters. The minimum absolute atomic E-state index is 0.122. The lowest BCUT2D eigenvalue weighted by Gasteiger charge is -2.10. The van der Waals surface area contributed by atoms with Crippen molar-refractivity contribution in [1.82, 2.24) is 4.98 Å². The number of aromatic nitrogens is 1. The molecule has 0 spiro atoms. The number of nitrogens with zero attached hydrogens (tertiary/aromatic N) is 2. The average molecular weight is 413 g/mol. The summed E-state index contributed by atoms with van der Waals surface area (Å²) >= 11 is 0. The molecule has 0 atom stereocenters. The maximum Gasteiger partial charge on any atom is 0.302 e. The first-order chi connectivity index (χ1) is 15.0. The molecule has 0 saturated heterocycles. The highest BCUT2D eigenvalue weighted by molar-refractivity contribution is 5.95. The Hall–Kier alpha value is -3.93. The first kappa shape index (κ1) is 20.3. The number of aromatic hydroxyl groups is 1. The normalized spacial score (nSPS) is 11.5. The molecule has 4 rings (SSSR count). The smallest absolute Gasteiger partial charge is 0.302 e. The van der Waals surface area contributed by atoms with E-state index in [0.717, 1.165) is 27.6 Å². The number of rotatable bonds is 6. The zero-order chi connectivity index (χ0) is 21.8. The summed E-state index contributed by atoms with van der Waals surface area (Å²) in [6, 6.07) is 23.1. The number of carbonyl (C=O) groups excluding carboxylic acids is 1. The minimum Gasteiger partial charge on any atom is -0.493 e. The number of para-hydroxylation sites is 1. The van der Waals surface area contributed by atoms with Gasteiger partial charge in [-0.2, -0.15) is 0 Å². The highest BCUT2D eigenvalue weighted by Crippen LogP contribution is 2.37. The second-order valence-electron chi connectivity index (χ2n) is 7.53. The number of benzene rings is 3. The summed E-state index contributed by atoms with van der Waals surface area (Å²) in [5.41, 5.74) is 3.97. The van der Waals surface area contributed by atoms with E-state index in [-0.39, 0.29) is 18.2 Å². The van der Waals surface area contributed by atoms with Gasteiger partial charge in [0, 0.05) is 10.9 Å². The lowest BCUT2D eigenvalue weighted by molar-refractivity contribution is -0.120. The first-order valence-electron chi connectivity index (χ1n) is 10.1. The topological polar surface area (TPSA) is 87.0 Å². The van der Waals surface area contributed by atoms with Crippen LogP contribution in [-0.4, -0.2) is 22.6 Å². The molecule has 3 aromatic carbocycles. The second kappa shape index (κ2) is 8.83. The van der Waals surface area contributed by atoms with Crippen LogP contribution in [0.25, 0.3) is 22.0 Å². The van der Waals surface area contributed by atoms with E-state index in [4.69, 9.17) is 4.74 Å². The van der Waals surface area contributed by atoms with Gasteiger partial charge in [0.05, 0.1) is 5.52 Å². The first-order valence-corrected chi connectivity index (χ1v) is 10.1. The van der Waals surface area contributed by atoms with Crippen LogP contribution in [0.1, 0.15) is 25.3 Å². The second-order valence-corrected chi connectivity index (χ2v) is 7.53. The number of nitrogens with one attached hydrogen (secondary N) is 1. The average Bonchev–Trinajstić information content (AvgIpc) is 3.11. The Balaban J connectivity index is 1.51. The molecule has 156 valence electrons. The van der Waals surface area contributed by atoms with Crippen LogP contribution in [0.2, 0.25) is 0 Å². The molecule has 0 aliphatic rings. The molecule has 0 radical (unpaired) electrons. The van der Waals surface area contributed by atoms with Gasteiger partial charge in [0.25, 0.3) is 0 Å². The summed E-state index contributed by atoms with van der Waals surface area (Å²) in [4.78, 5) is 15.2. The largest absolute Gasteiger partial charge is 0.493 e. The van der Waals surface area contributed by atoms with Crippen molar-refractivity contribution in [2.45, 2.75) is 19.8 Å². The summed E-state index contributed by atoms with van der Waals surface area (Å²) in [6.07, 6.45) is 0. The standard InChI is InChI=1S/C25H23N3O3/c1-16(2)18-12-13-21-20(14-18)24(25(30)26-21)28-27-23(29)15-31-22-11-7-6-10-19(22)17-8-4-3-5-9-17/h3-14,16,26,30H,15H2,1-2H3. The summed E-state index contributed by atoms with van der Waals surface area (Å²) in [5.74, 6) is 0.249. The Morgan fingerprint density at radius 3 is 2.55 bits per heavy atom. The molecule has 0 saturated carbocycles. The molecule has 1 amide bonds. The molecule has 4 aromatic rings. The fourth-order valence-corrected chi connectivity index (χ4v) is 3.36. The fourth-order valence-electron chi connectivity index (χ4n) is 3.36. The van der Waals surface area contributed by atoms with Crippen LogP contribution in [0.5, 0.6) is 11.6 Å². The number of azo groups is 1. The van der Waals surface area contributed by atoms with Crippen molar-refractivity contribution in [2.24, 2.45) is 10.2 Å². The molecule has 1 heterocycles. The van der Waals surface area contributed by atoms with Gasteiger partial charge in [-0.3, -0.25) is 4.79 Å². The van der Waals surface area contributed by atoms with Crippen molar-refractivity contribution in [3.63, 3.8) is 0 Å². The van der Waals surface area contributed by atoms with Crippen LogP contribution in [0, 0.1) is 0 Å². The van der Waals surface area contributed by atoms with Gasteiger partial charge in [0.1, 0.15) is 5.75 Å². The molecule has 1 aromatic heterocycles. The maximum absolute atomic E-state index is 12.3. The zero-order valence-corrected chi connectivity index (χ0v) is 17.4. The molecule has 0 aliphatic carbocycles. The van der Waals surface area contributed by atoms with Crippen molar-refractivity contribution in [3.8, 4) is 22.8 Å². The monoisotopic (exact) mass is 413 g/mol. The number of amides is 1. The van der Waals surface area contributed by atoms with E-state index in [0.29, 0.717) is 11.7 Å². The van der Waals surface area contributed by atoms with Crippen LogP contribution in [-0.2, 0) is 4.79 Å². The van der Waals surface area contributed by atoms with Crippen LogP contribution in [0.15, 0.2) is 83.0 Å². The molecule has 0 bridgehead atoms. The molecule has 2 N–H and O–H groups in total. The third-order valence-electron chi connectivity index (χ3n) is 5.03. The third-order valence-corrected chi connectivity index (χ3v) is 5.03. The summed E-state index contributed by atoms with van der Waals surface area (Å²) < 4.78 is 5.72. The maximum atomic E-state index is 12.3. The molecular formula is C25H23N3O3. The molecular weight excluding hydrogens is 390 g/mol. The van der Waals surface area contributed by atoms with Gasteiger partial charge in [-0.25, -0.2) is 0 Å². The van der Waals surface area contributed by atoms with Crippen LogP contribution in [0.4, 0.5) is 5.69 Å². The zero-order valence-electron chi connectivity index (χ0n) is 17.4. The van der Waals surface area contributed by atoms with E-state index in [1.54, 1.807) is 0 Å². The fraction of sp³-hybridized carbons (Fsp3) is 0.160. The van der Waals surface area contributed by atoms with Gasteiger partial charge in [0.2, 0.25) is 5.88 Å². The SMILES string of the molecule is CC(C)c1ccc2[nH]c(O)c(N=NC(=O)COc3ccccc3-c3ccccc3)c2c1. The van der Waals surface area contributed by atoms with E-state index in [1.807, 2.05) is 72.8 Å². The predicted octanol–water partition coefficient (Wildman–Crippen LogP) is 6.35. The van der Waals surface area contributed by atoms with Crippen molar-refractivity contribution < 1.29 is 14.6 Å². The number of aromatic amines is 1. The van der Waals surface area contributed by atoms with Crippen molar-refractivity contribution >= 4 is 22.5 Å². The number of hydrogen-bond acceptors (Lipinski definition) is 4. The number of carbonyl (C=O) groups is 1. The van der Waals surface area contributed by atoms with E-state index in [9.17, 15) is 9.90 Å². The number of ether oxygens (including phenoxy) is 1. The number of H-pyrrole nitrogens is 1. The number of hydrogen-bond donors (Lipinski definition) is 2. The quantitative estimate of drug-likeness (QED) is 0.361. The molecule has 6 heteroatoms. The van der Waals surface area contributed by atoms with Gasteiger partial charge >= 0.3 is 5.91 Å². The molecule has 31 heavy (non-hydrogen) atoms. The summed E-state index contributed by atoms with van der Waals surface area (Å²) in [6.45, 7) is 3.92. The van der Waals surface area contributed by atoms with Crippen LogP contribution in [0.3, 0.4) is 0 Å². The van der Waals surface area contributed by atoms with Gasteiger partial charge in [-0.1, -0.05) is 68.4 Å². The van der Waals surface area contributed by atoms with Crippen LogP contribution < -0.4 is 4.74 Å². The lowest BCUT2D eigenvalue weighted by atomic mass is 10.0. The van der Waals surface area contributed by atoms with Gasteiger partial charge in [0.15, 0.2) is 12.3 Å². The Kier molecular flexibility index (Phi) is 5.80. The Morgan fingerprint density at radius 1 is 1.03 bits per heavy atom. The Labute approximate surface area is 180 Å². The van der Waals surface area contributed by atoms with Gasteiger partial charge in [-0.05, 0) is 35.2 Å². The Bertz CT molecular complexity index is 1240. The summed E-state index contributed by atoms with van der Waals surface area (Å²) in [5, 5.41) is 18.7. The van der Waals surface area contributed by atoms with Crippen molar-refractivity contribution in [1.29, 1.82) is 0 Å². The molecule has 6 nitrogen and oxygen atoms in total. The predicted molar refractivity (Wildman–Crippen MR) is 121 cm³/mol. The van der Waals surface area contributed by atoms with E-state index >= 15 is 0 Å². The third kappa shape index (κ3) is 4.48. The molecule has 0 fully saturated rings. The number of fused-ring (bicyclic) bond motifs is 1. The highest BCUT2D eigenvalue weighted by Gasteiger charge is 2.13. The Morgan fingerprint density at radius 2 is 1.77 bits per heavy atom. The van der Waals surface area contributed by atoms with Gasteiger partial charge in [-0.15, -0.1) is 10.2 Å². The summed E-state index contributed by atoms with van der Waals surface area (Å²) in [7, 11) is 0. The van der Waals surface area contributed by atoms with Crippen molar-refractivity contribution in [3.05, 3.63) is 78.4 Å². The van der Waals surface area contributed by atoms with Crippen molar-refractivity contribution in [2.75, 3.05) is 6.61 Å². The van der Waals surface area contributed by atoms with E-state index < -0.39 is 5.91 Å². The highest BCUT2D eigenvalue weighted by atomic mass is 16.5. The lowest BCUT2D eigenvalue weighted by Crippen LogP contribution is -2.08.